The van der Waals surface area contributed by atoms with Gasteiger partial charge >= 0.3 is 0 Å². The number of aliphatic hydroxyl groups is 1. The Kier molecular flexibility index (Phi) is 3.57. The van der Waals surface area contributed by atoms with Gasteiger partial charge in [0.05, 0.1) is 24.5 Å². The molecule has 1 atom stereocenters. The van der Waals surface area contributed by atoms with Crippen LogP contribution in [0.2, 0.25) is 0 Å². The number of hydrogen-bond donors (Lipinski definition) is 2. The second kappa shape index (κ2) is 5.32. The van der Waals surface area contributed by atoms with Crippen LogP contribution in [0.3, 0.4) is 0 Å². The van der Waals surface area contributed by atoms with Gasteiger partial charge in [0.25, 0.3) is 5.91 Å². The molecule has 0 radical (unpaired) electrons. The van der Waals surface area contributed by atoms with Crippen LogP contribution in [0.4, 0.5) is 0 Å². The third kappa shape index (κ3) is 2.73. The molecule has 4 nitrogen and oxygen atoms in total. The second-order valence-electron chi connectivity index (χ2n) is 3.63. The minimum Gasteiger partial charge on any atom is -0.472 e. The Morgan fingerprint density at radius 1 is 1.29 bits per heavy atom. The van der Waals surface area contributed by atoms with E-state index in [1.807, 2.05) is 30.3 Å². The zero-order valence-electron chi connectivity index (χ0n) is 9.17. The van der Waals surface area contributed by atoms with Crippen LogP contribution in [-0.2, 0) is 0 Å². The van der Waals surface area contributed by atoms with Gasteiger partial charge in [-0.15, -0.1) is 0 Å². The van der Waals surface area contributed by atoms with Gasteiger partial charge in [-0.1, -0.05) is 30.3 Å². The number of carbonyl (C=O) groups is 1. The van der Waals surface area contributed by atoms with Crippen LogP contribution < -0.4 is 5.32 Å². The molecule has 2 N–H and O–H groups in total. The average Bonchev–Trinajstić information content (AvgIpc) is 2.90. The molecule has 1 amide bonds. The first-order valence-electron chi connectivity index (χ1n) is 5.30. The summed E-state index contributed by atoms with van der Waals surface area (Å²) < 4.78 is 4.83. The normalized spacial score (nSPS) is 12.1. The van der Waals surface area contributed by atoms with Gasteiger partial charge in [-0.3, -0.25) is 4.79 Å². The summed E-state index contributed by atoms with van der Waals surface area (Å²) in [5.74, 6) is -0.262. The highest BCUT2D eigenvalue weighted by Gasteiger charge is 2.15. The topological polar surface area (TPSA) is 62.5 Å². The maximum absolute atomic E-state index is 11.8. The lowest BCUT2D eigenvalue weighted by Crippen LogP contribution is -2.30. The van der Waals surface area contributed by atoms with Crippen molar-refractivity contribution in [3.05, 3.63) is 60.1 Å². The smallest absolute Gasteiger partial charge is 0.255 e. The molecule has 0 aliphatic carbocycles. The molecule has 1 aromatic carbocycles. The molecule has 0 aliphatic heterocycles. The van der Waals surface area contributed by atoms with Crippen LogP contribution in [0.25, 0.3) is 0 Å². The van der Waals surface area contributed by atoms with Crippen molar-refractivity contribution in [2.75, 3.05) is 6.61 Å². The molecular weight excluding hydrogens is 218 g/mol. The van der Waals surface area contributed by atoms with Gasteiger partial charge in [0.1, 0.15) is 6.26 Å². The summed E-state index contributed by atoms with van der Waals surface area (Å²) in [5.41, 5.74) is 1.31. The number of amides is 1. The Labute approximate surface area is 98.9 Å². The van der Waals surface area contributed by atoms with Crippen molar-refractivity contribution in [2.45, 2.75) is 6.04 Å². The summed E-state index contributed by atoms with van der Waals surface area (Å²) in [4.78, 5) is 11.8. The summed E-state index contributed by atoms with van der Waals surface area (Å²) in [6.45, 7) is -0.145. The van der Waals surface area contributed by atoms with E-state index in [1.165, 1.54) is 12.5 Å². The zero-order valence-corrected chi connectivity index (χ0v) is 9.17. The van der Waals surface area contributed by atoms with E-state index in [0.717, 1.165) is 5.56 Å². The number of furan rings is 1. The third-order valence-electron chi connectivity index (χ3n) is 2.47. The summed E-state index contributed by atoms with van der Waals surface area (Å²) in [5, 5.41) is 12.0. The highest BCUT2D eigenvalue weighted by atomic mass is 16.3. The number of hydrogen-bond acceptors (Lipinski definition) is 3. The minimum absolute atomic E-state index is 0.145. The molecule has 17 heavy (non-hydrogen) atoms. The molecule has 0 saturated carbocycles. The van der Waals surface area contributed by atoms with E-state index in [-0.39, 0.29) is 12.5 Å². The van der Waals surface area contributed by atoms with E-state index in [1.54, 1.807) is 6.07 Å². The monoisotopic (exact) mass is 231 g/mol. The molecule has 2 rings (SSSR count). The molecule has 2 aromatic rings. The van der Waals surface area contributed by atoms with E-state index < -0.39 is 6.04 Å². The molecule has 0 fully saturated rings. The van der Waals surface area contributed by atoms with E-state index in [9.17, 15) is 9.90 Å². The number of benzene rings is 1. The van der Waals surface area contributed by atoms with Crippen LogP contribution in [0.5, 0.6) is 0 Å². The first kappa shape index (κ1) is 11.4. The first-order valence-corrected chi connectivity index (χ1v) is 5.30. The number of rotatable bonds is 4. The quantitative estimate of drug-likeness (QED) is 0.842. The lowest BCUT2D eigenvalue weighted by Gasteiger charge is -2.15. The van der Waals surface area contributed by atoms with Crippen molar-refractivity contribution in [1.82, 2.24) is 5.32 Å². The average molecular weight is 231 g/mol. The largest absolute Gasteiger partial charge is 0.472 e. The van der Waals surface area contributed by atoms with Crippen LogP contribution in [0, 0.1) is 0 Å². The van der Waals surface area contributed by atoms with Gasteiger partial charge in [0, 0.05) is 0 Å². The van der Waals surface area contributed by atoms with Gasteiger partial charge in [-0.05, 0) is 11.6 Å². The first-order chi connectivity index (χ1) is 8.31. The van der Waals surface area contributed by atoms with E-state index in [2.05, 4.69) is 5.32 Å². The summed E-state index contributed by atoms with van der Waals surface area (Å²) in [7, 11) is 0. The van der Waals surface area contributed by atoms with E-state index in [0.29, 0.717) is 5.56 Å². The van der Waals surface area contributed by atoms with Crippen LogP contribution in [0.1, 0.15) is 22.0 Å². The molecule has 1 heterocycles. The third-order valence-corrected chi connectivity index (χ3v) is 2.47. The Hall–Kier alpha value is -2.07. The van der Waals surface area contributed by atoms with Crippen LogP contribution in [-0.4, -0.2) is 17.6 Å². The number of carbonyl (C=O) groups excluding carboxylic acids is 1. The standard InChI is InChI=1S/C13H13NO3/c15-8-12(10-4-2-1-3-5-10)14-13(16)11-6-7-17-9-11/h1-7,9,12,15H,8H2,(H,14,16)/t12-/m1/s1. The minimum atomic E-state index is -0.404. The fourth-order valence-electron chi connectivity index (χ4n) is 1.55. The predicted octanol–water partition coefficient (Wildman–Crippen LogP) is 1.74. The fourth-order valence-corrected chi connectivity index (χ4v) is 1.55. The molecule has 0 aliphatic rings. The number of nitrogens with one attached hydrogen (secondary N) is 1. The summed E-state index contributed by atoms with van der Waals surface area (Å²) in [6.07, 6.45) is 2.81. The van der Waals surface area contributed by atoms with Crippen molar-refractivity contribution < 1.29 is 14.3 Å². The van der Waals surface area contributed by atoms with Gasteiger partial charge in [-0.25, -0.2) is 0 Å². The molecular formula is C13H13NO3. The Morgan fingerprint density at radius 2 is 2.06 bits per heavy atom. The Bertz CT molecular complexity index is 465. The lowest BCUT2D eigenvalue weighted by molar-refractivity contribution is 0.0915. The van der Waals surface area contributed by atoms with Crippen LogP contribution in [0.15, 0.2) is 53.3 Å². The van der Waals surface area contributed by atoms with Crippen molar-refractivity contribution in [1.29, 1.82) is 0 Å². The van der Waals surface area contributed by atoms with Gasteiger partial charge in [0.15, 0.2) is 0 Å². The predicted molar refractivity (Wildman–Crippen MR) is 62.4 cm³/mol. The summed E-state index contributed by atoms with van der Waals surface area (Å²) >= 11 is 0. The summed E-state index contributed by atoms with van der Waals surface area (Å²) in [6, 6.07) is 10.5. The van der Waals surface area contributed by atoms with Gasteiger partial charge in [-0.2, -0.15) is 0 Å². The Morgan fingerprint density at radius 3 is 2.65 bits per heavy atom. The molecule has 88 valence electrons. The van der Waals surface area contributed by atoms with Gasteiger partial charge < -0.3 is 14.8 Å². The van der Waals surface area contributed by atoms with Crippen molar-refractivity contribution in [2.24, 2.45) is 0 Å². The molecule has 1 aromatic heterocycles. The highest BCUT2D eigenvalue weighted by Crippen LogP contribution is 2.12. The maximum atomic E-state index is 11.8. The van der Waals surface area contributed by atoms with E-state index in [4.69, 9.17) is 4.42 Å². The lowest BCUT2D eigenvalue weighted by atomic mass is 10.1. The van der Waals surface area contributed by atoms with E-state index >= 15 is 0 Å². The highest BCUT2D eigenvalue weighted by molar-refractivity contribution is 5.94. The molecule has 0 saturated heterocycles. The van der Waals surface area contributed by atoms with Crippen molar-refractivity contribution >= 4 is 5.91 Å². The number of aliphatic hydroxyl groups excluding tert-OH is 1. The molecule has 0 spiro atoms. The molecule has 0 bridgehead atoms. The zero-order chi connectivity index (χ0) is 12.1. The maximum Gasteiger partial charge on any atom is 0.255 e. The van der Waals surface area contributed by atoms with Crippen molar-refractivity contribution in [3.8, 4) is 0 Å². The van der Waals surface area contributed by atoms with Gasteiger partial charge in [0.2, 0.25) is 0 Å². The van der Waals surface area contributed by atoms with Crippen LogP contribution >= 0.6 is 0 Å². The van der Waals surface area contributed by atoms with Crippen molar-refractivity contribution in [3.63, 3.8) is 0 Å². The fraction of sp³-hybridized carbons (Fsp3) is 0.154. The molecule has 0 unspecified atom stereocenters. The Balaban J connectivity index is 2.09. The molecule has 4 heteroatoms. The second-order valence-corrected chi connectivity index (χ2v) is 3.63. The SMILES string of the molecule is O=C(N[C@H](CO)c1ccccc1)c1ccoc1.